The SMILES string of the molecule is CCOc1cc(C=Nn2c(-c3cc4cc(Cl)ccc4o3)nc3ccccc3c2=O)c(Br)c(Cl)c1OCC(=O)Nc1ccccc1F. The smallest absolute Gasteiger partial charge is 0.282 e. The van der Waals surface area contributed by atoms with Crippen LogP contribution < -0.4 is 20.3 Å². The van der Waals surface area contributed by atoms with E-state index in [0.29, 0.717) is 37.3 Å². The van der Waals surface area contributed by atoms with E-state index in [2.05, 4.69) is 26.3 Å². The van der Waals surface area contributed by atoms with E-state index in [1.165, 1.54) is 24.4 Å². The van der Waals surface area contributed by atoms with E-state index in [1.807, 2.05) is 0 Å². The molecule has 0 saturated carbocycles. The lowest BCUT2D eigenvalue weighted by Gasteiger charge is -2.16. The highest BCUT2D eigenvalue weighted by Crippen LogP contribution is 2.42. The van der Waals surface area contributed by atoms with Crippen molar-refractivity contribution >= 4 is 78.8 Å². The normalized spacial score (nSPS) is 11.4. The number of para-hydroxylation sites is 2. The van der Waals surface area contributed by atoms with Gasteiger partial charge >= 0.3 is 0 Å². The zero-order valence-electron chi connectivity index (χ0n) is 23.9. The monoisotopic (exact) mass is 722 g/mol. The fraction of sp³-hybridized carbons (Fsp3) is 0.0909. The van der Waals surface area contributed by atoms with Gasteiger partial charge in [-0.05, 0) is 77.5 Å². The highest BCUT2D eigenvalue weighted by atomic mass is 79.9. The van der Waals surface area contributed by atoms with Crippen molar-refractivity contribution in [3.63, 3.8) is 0 Å². The van der Waals surface area contributed by atoms with E-state index < -0.39 is 23.9 Å². The fourth-order valence-electron chi connectivity index (χ4n) is 4.62. The van der Waals surface area contributed by atoms with Crippen LogP contribution in [0.3, 0.4) is 0 Å². The molecule has 6 rings (SSSR count). The van der Waals surface area contributed by atoms with Crippen molar-refractivity contribution < 1.29 is 23.1 Å². The van der Waals surface area contributed by atoms with E-state index in [4.69, 9.17) is 42.1 Å². The predicted octanol–water partition coefficient (Wildman–Crippen LogP) is 8.32. The Hall–Kier alpha value is -4.71. The van der Waals surface area contributed by atoms with E-state index >= 15 is 0 Å². The third kappa shape index (κ3) is 6.34. The van der Waals surface area contributed by atoms with Gasteiger partial charge in [0, 0.05) is 20.4 Å². The third-order valence-electron chi connectivity index (χ3n) is 6.72. The highest BCUT2D eigenvalue weighted by molar-refractivity contribution is 9.10. The first-order valence-corrected chi connectivity index (χ1v) is 15.4. The minimum absolute atomic E-state index is 0.0178. The average molecular weight is 724 g/mol. The summed E-state index contributed by atoms with van der Waals surface area (Å²) in [5.41, 5.74) is 1.05. The maximum atomic E-state index is 14.0. The summed E-state index contributed by atoms with van der Waals surface area (Å²) in [6.07, 6.45) is 1.41. The van der Waals surface area contributed by atoms with E-state index in [1.54, 1.807) is 67.6 Å². The standard InChI is InChI=1S/C33H22BrCl2FN4O5/c1-2-44-26-15-19(29(34)30(36)31(26)45-17-28(42)39-24-10-6-4-8-22(24)37)16-38-41-32(40-23-9-5-3-7-21(23)33(41)43)27-14-18-13-20(35)11-12-25(18)46-27/h3-16H,2,17H2,1H3,(H,39,42). The van der Waals surface area contributed by atoms with Crippen molar-refractivity contribution in [1.82, 2.24) is 9.66 Å². The molecule has 232 valence electrons. The van der Waals surface area contributed by atoms with Crippen molar-refractivity contribution in [2.24, 2.45) is 5.10 Å². The third-order valence-corrected chi connectivity index (χ3v) is 8.39. The van der Waals surface area contributed by atoms with Crippen LogP contribution in [-0.4, -0.2) is 35.0 Å². The highest BCUT2D eigenvalue weighted by Gasteiger charge is 2.20. The van der Waals surface area contributed by atoms with Crippen LogP contribution in [0.4, 0.5) is 10.1 Å². The lowest BCUT2D eigenvalue weighted by atomic mass is 10.2. The predicted molar refractivity (Wildman–Crippen MR) is 180 cm³/mol. The summed E-state index contributed by atoms with van der Waals surface area (Å²) >= 11 is 16.3. The Kier molecular flexibility index (Phi) is 9.07. The van der Waals surface area contributed by atoms with Gasteiger partial charge in [0.1, 0.15) is 16.4 Å². The summed E-state index contributed by atoms with van der Waals surface area (Å²) in [6, 6.07) is 21.2. The number of nitrogens with one attached hydrogen (secondary N) is 1. The number of anilines is 1. The van der Waals surface area contributed by atoms with Gasteiger partial charge in [-0.15, -0.1) is 0 Å². The molecule has 0 fully saturated rings. The molecule has 6 aromatic rings. The topological polar surface area (TPSA) is 108 Å². The Morgan fingerprint density at radius 1 is 1.09 bits per heavy atom. The summed E-state index contributed by atoms with van der Waals surface area (Å²) in [5, 5.41) is 8.66. The Balaban J connectivity index is 1.37. The van der Waals surface area contributed by atoms with Gasteiger partial charge < -0.3 is 19.2 Å². The van der Waals surface area contributed by atoms with Crippen LogP contribution in [0.5, 0.6) is 11.5 Å². The number of benzene rings is 4. The van der Waals surface area contributed by atoms with E-state index in [0.717, 1.165) is 10.1 Å². The van der Waals surface area contributed by atoms with Crippen LogP contribution in [0.2, 0.25) is 10.0 Å². The number of halogens is 4. The van der Waals surface area contributed by atoms with Gasteiger partial charge in [0.05, 0.1) is 29.4 Å². The summed E-state index contributed by atoms with van der Waals surface area (Å²) in [4.78, 5) is 30.9. The van der Waals surface area contributed by atoms with Gasteiger partial charge in [0.25, 0.3) is 11.5 Å². The molecule has 13 heteroatoms. The van der Waals surface area contributed by atoms with Crippen LogP contribution in [0.15, 0.2) is 97.6 Å². The van der Waals surface area contributed by atoms with Gasteiger partial charge in [0.2, 0.25) is 5.82 Å². The first-order chi connectivity index (χ1) is 22.2. The summed E-state index contributed by atoms with van der Waals surface area (Å²) in [5.74, 6) is -0.406. The zero-order valence-corrected chi connectivity index (χ0v) is 27.0. The Morgan fingerprint density at radius 3 is 2.67 bits per heavy atom. The largest absolute Gasteiger partial charge is 0.490 e. The average Bonchev–Trinajstić information content (AvgIpc) is 3.47. The molecular formula is C33H22BrCl2FN4O5. The number of hydrogen-bond donors (Lipinski definition) is 1. The minimum atomic E-state index is -0.603. The second-order valence-corrected chi connectivity index (χ2v) is 11.4. The van der Waals surface area contributed by atoms with Crippen LogP contribution in [0.25, 0.3) is 33.5 Å². The molecule has 0 unspecified atom stereocenters. The van der Waals surface area contributed by atoms with Gasteiger partial charge in [-0.2, -0.15) is 9.78 Å². The first-order valence-electron chi connectivity index (χ1n) is 13.8. The first kappa shape index (κ1) is 31.3. The number of rotatable bonds is 9. The number of ether oxygens (including phenoxy) is 2. The molecule has 1 N–H and O–H groups in total. The van der Waals surface area contributed by atoms with Gasteiger partial charge in [-0.25, -0.2) is 9.37 Å². The molecule has 0 aliphatic carbocycles. The molecule has 0 bridgehead atoms. The Bertz CT molecular complexity index is 2220. The quantitative estimate of drug-likeness (QED) is 0.150. The van der Waals surface area contributed by atoms with E-state index in [9.17, 15) is 14.0 Å². The Labute approximate surface area is 279 Å². The van der Waals surface area contributed by atoms with E-state index in [-0.39, 0.29) is 34.6 Å². The second kappa shape index (κ2) is 13.3. The number of amides is 1. The van der Waals surface area contributed by atoms with Gasteiger partial charge in [-0.3, -0.25) is 9.59 Å². The van der Waals surface area contributed by atoms with Crippen molar-refractivity contribution in [3.05, 3.63) is 115 Å². The fourth-order valence-corrected chi connectivity index (χ4v) is 5.45. The number of carbonyl (C=O) groups is 1. The lowest BCUT2D eigenvalue weighted by Crippen LogP contribution is -2.21. The lowest BCUT2D eigenvalue weighted by molar-refractivity contribution is -0.118. The van der Waals surface area contributed by atoms with Crippen molar-refractivity contribution in [3.8, 4) is 23.1 Å². The molecule has 0 saturated heterocycles. The Morgan fingerprint density at radius 2 is 1.87 bits per heavy atom. The zero-order chi connectivity index (χ0) is 32.4. The molecule has 0 atom stereocenters. The summed E-state index contributed by atoms with van der Waals surface area (Å²) in [6.45, 7) is 1.55. The molecule has 2 aromatic heterocycles. The molecule has 2 heterocycles. The molecule has 0 aliphatic heterocycles. The number of aromatic nitrogens is 2. The molecule has 0 radical (unpaired) electrons. The maximum Gasteiger partial charge on any atom is 0.282 e. The number of carbonyl (C=O) groups excluding carboxylic acids is 1. The molecule has 9 nitrogen and oxygen atoms in total. The van der Waals surface area contributed by atoms with Crippen LogP contribution in [0.1, 0.15) is 12.5 Å². The minimum Gasteiger partial charge on any atom is -0.490 e. The molecule has 0 spiro atoms. The number of furan rings is 1. The second-order valence-electron chi connectivity index (χ2n) is 9.78. The van der Waals surface area contributed by atoms with Crippen molar-refractivity contribution in [2.45, 2.75) is 6.92 Å². The van der Waals surface area contributed by atoms with Crippen molar-refractivity contribution in [2.75, 3.05) is 18.5 Å². The molecular weight excluding hydrogens is 702 g/mol. The number of nitrogens with zero attached hydrogens (tertiary/aromatic N) is 3. The van der Waals surface area contributed by atoms with Crippen LogP contribution in [0, 0.1) is 5.82 Å². The van der Waals surface area contributed by atoms with Crippen LogP contribution in [-0.2, 0) is 4.79 Å². The molecule has 46 heavy (non-hydrogen) atoms. The molecule has 1 amide bonds. The van der Waals surface area contributed by atoms with Gasteiger partial charge in [-0.1, -0.05) is 47.5 Å². The molecule has 4 aromatic carbocycles. The van der Waals surface area contributed by atoms with Crippen molar-refractivity contribution in [1.29, 1.82) is 0 Å². The molecule has 0 aliphatic rings. The van der Waals surface area contributed by atoms with Crippen LogP contribution >= 0.6 is 39.1 Å². The summed E-state index contributed by atoms with van der Waals surface area (Å²) in [7, 11) is 0. The number of hydrogen-bond acceptors (Lipinski definition) is 7. The van der Waals surface area contributed by atoms with Gasteiger partial charge in [0.15, 0.2) is 23.9 Å². The number of fused-ring (bicyclic) bond motifs is 2. The summed E-state index contributed by atoms with van der Waals surface area (Å²) < 4.78 is 33.0. The maximum absolute atomic E-state index is 14.0.